The molecular formula is C12H12F3NO2. The normalized spacial score (nSPS) is 31.4. The second-order valence-electron chi connectivity index (χ2n) is 4.22. The number of carbonyl (C=O) groups excluding carboxylic acids is 1. The molecule has 3 atom stereocenters. The van der Waals surface area contributed by atoms with Gasteiger partial charge in [-0.05, 0) is 0 Å². The van der Waals surface area contributed by atoms with Crippen LogP contribution in [0.4, 0.5) is 13.2 Å². The van der Waals surface area contributed by atoms with Crippen molar-refractivity contribution in [1.82, 2.24) is 4.90 Å². The van der Waals surface area contributed by atoms with Crippen LogP contribution in [0, 0.1) is 11.8 Å². The second kappa shape index (κ2) is 4.61. The summed E-state index contributed by atoms with van der Waals surface area (Å²) in [7, 11) is 0. The third-order valence-electron chi connectivity index (χ3n) is 3.02. The topological polar surface area (TPSA) is 40.5 Å². The lowest BCUT2D eigenvalue weighted by atomic mass is 9.90. The van der Waals surface area contributed by atoms with Gasteiger partial charge in [-0.25, -0.2) is 0 Å². The standard InChI is InChI=1S/C12H12F3NO2/c13-12(14,15)6-3-7-16-10(17)8-4-1-2-5-9(8)11(16)18/h1-6,8-10,17H,7H2/b6-3+. The third kappa shape index (κ3) is 2.48. The lowest BCUT2D eigenvalue weighted by Gasteiger charge is -2.20. The summed E-state index contributed by atoms with van der Waals surface area (Å²) in [5.74, 6) is -1.19. The van der Waals surface area contributed by atoms with E-state index >= 15 is 0 Å². The van der Waals surface area contributed by atoms with E-state index in [0.717, 1.165) is 11.0 Å². The highest BCUT2D eigenvalue weighted by Gasteiger charge is 2.44. The van der Waals surface area contributed by atoms with Crippen molar-refractivity contribution in [1.29, 1.82) is 0 Å². The van der Waals surface area contributed by atoms with Crippen molar-refractivity contribution >= 4 is 5.91 Å². The zero-order valence-electron chi connectivity index (χ0n) is 9.34. The Morgan fingerprint density at radius 3 is 2.61 bits per heavy atom. The van der Waals surface area contributed by atoms with Crippen LogP contribution in [0.3, 0.4) is 0 Å². The number of carbonyl (C=O) groups is 1. The molecular weight excluding hydrogens is 247 g/mol. The van der Waals surface area contributed by atoms with Crippen LogP contribution >= 0.6 is 0 Å². The van der Waals surface area contributed by atoms with Crippen molar-refractivity contribution in [2.24, 2.45) is 11.8 Å². The third-order valence-corrected chi connectivity index (χ3v) is 3.02. The van der Waals surface area contributed by atoms with E-state index in [4.69, 9.17) is 0 Å². The number of hydrogen-bond acceptors (Lipinski definition) is 2. The van der Waals surface area contributed by atoms with E-state index in [1.165, 1.54) is 0 Å². The molecule has 0 aromatic heterocycles. The van der Waals surface area contributed by atoms with Gasteiger partial charge in [-0.15, -0.1) is 0 Å². The number of fused-ring (bicyclic) bond motifs is 1. The zero-order valence-corrected chi connectivity index (χ0v) is 9.34. The fourth-order valence-electron chi connectivity index (χ4n) is 2.18. The van der Waals surface area contributed by atoms with Gasteiger partial charge in [0.15, 0.2) is 0 Å². The quantitative estimate of drug-likeness (QED) is 0.766. The Morgan fingerprint density at radius 1 is 1.33 bits per heavy atom. The SMILES string of the molecule is O=C1C2C=CC=CC2C(O)N1C/C=C/C(F)(F)F. The van der Waals surface area contributed by atoms with Crippen molar-refractivity contribution in [2.75, 3.05) is 6.54 Å². The van der Waals surface area contributed by atoms with Crippen molar-refractivity contribution in [2.45, 2.75) is 12.4 Å². The Balaban J connectivity index is 2.06. The molecule has 0 bridgehead atoms. The number of likely N-dealkylation sites (tertiary alicyclic amines) is 1. The number of hydrogen-bond donors (Lipinski definition) is 1. The number of halogens is 3. The number of allylic oxidation sites excluding steroid dienone is 3. The average Bonchev–Trinajstić information content (AvgIpc) is 2.53. The first-order valence-electron chi connectivity index (χ1n) is 5.48. The summed E-state index contributed by atoms with van der Waals surface area (Å²) in [5.41, 5.74) is 0. The molecule has 1 aliphatic heterocycles. The van der Waals surface area contributed by atoms with Gasteiger partial charge in [0.25, 0.3) is 0 Å². The van der Waals surface area contributed by atoms with Crippen LogP contribution in [0.25, 0.3) is 0 Å². The van der Waals surface area contributed by atoms with Crippen LogP contribution in [-0.4, -0.2) is 34.9 Å². The highest BCUT2D eigenvalue weighted by molar-refractivity contribution is 5.84. The summed E-state index contributed by atoms with van der Waals surface area (Å²) in [5, 5.41) is 9.89. The molecule has 18 heavy (non-hydrogen) atoms. The van der Waals surface area contributed by atoms with Gasteiger partial charge < -0.3 is 10.0 Å². The van der Waals surface area contributed by atoms with Crippen LogP contribution < -0.4 is 0 Å². The monoisotopic (exact) mass is 259 g/mol. The lowest BCUT2D eigenvalue weighted by Crippen LogP contribution is -2.35. The Kier molecular flexibility index (Phi) is 3.30. The minimum absolute atomic E-state index is 0.0701. The van der Waals surface area contributed by atoms with E-state index in [9.17, 15) is 23.1 Å². The molecule has 0 saturated carbocycles. The molecule has 0 aromatic carbocycles. The van der Waals surface area contributed by atoms with Crippen LogP contribution in [-0.2, 0) is 4.79 Å². The van der Waals surface area contributed by atoms with Crippen molar-refractivity contribution in [3.05, 3.63) is 36.5 Å². The number of amides is 1. The predicted molar refractivity (Wildman–Crippen MR) is 58.2 cm³/mol. The molecule has 1 aliphatic carbocycles. The van der Waals surface area contributed by atoms with Crippen molar-refractivity contribution < 1.29 is 23.1 Å². The first-order valence-corrected chi connectivity index (χ1v) is 5.48. The average molecular weight is 259 g/mol. The lowest BCUT2D eigenvalue weighted by molar-refractivity contribution is -0.134. The van der Waals surface area contributed by atoms with Gasteiger partial charge in [-0.3, -0.25) is 4.79 Å². The van der Waals surface area contributed by atoms with Gasteiger partial charge in [-0.1, -0.05) is 30.4 Å². The van der Waals surface area contributed by atoms with Crippen LogP contribution in [0.15, 0.2) is 36.5 Å². The summed E-state index contributed by atoms with van der Waals surface area (Å²) in [6.07, 6.45) is 2.20. The van der Waals surface area contributed by atoms with Crippen molar-refractivity contribution in [3.8, 4) is 0 Å². The summed E-state index contributed by atoms with van der Waals surface area (Å²) in [6.45, 7) is -0.242. The minimum atomic E-state index is -4.40. The molecule has 1 heterocycles. The molecule has 1 saturated heterocycles. The first kappa shape index (κ1) is 12.9. The molecule has 98 valence electrons. The Labute approximate surface area is 102 Å². The highest BCUT2D eigenvalue weighted by atomic mass is 19.4. The summed E-state index contributed by atoms with van der Waals surface area (Å²) in [4.78, 5) is 12.9. The Morgan fingerprint density at radius 2 is 2.00 bits per heavy atom. The number of aliphatic hydroxyl groups is 1. The van der Waals surface area contributed by atoms with E-state index in [2.05, 4.69) is 0 Å². The summed E-state index contributed by atoms with van der Waals surface area (Å²) >= 11 is 0. The Hall–Kier alpha value is -1.56. The molecule has 1 amide bonds. The molecule has 0 radical (unpaired) electrons. The number of rotatable bonds is 2. The van der Waals surface area contributed by atoms with Crippen LogP contribution in [0.2, 0.25) is 0 Å². The number of alkyl halides is 3. The molecule has 1 fully saturated rings. The summed E-state index contributed by atoms with van der Waals surface area (Å²) in [6, 6.07) is 0. The second-order valence-corrected chi connectivity index (χ2v) is 4.22. The highest BCUT2D eigenvalue weighted by Crippen LogP contribution is 2.33. The first-order chi connectivity index (χ1) is 8.40. The fraction of sp³-hybridized carbons (Fsp3) is 0.417. The molecule has 0 aromatic rings. The molecule has 2 aliphatic rings. The summed E-state index contributed by atoms with van der Waals surface area (Å²) < 4.78 is 35.8. The molecule has 2 rings (SSSR count). The molecule has 6 heteroatoms. The molecule has 3 unspecified atom stereocenters. The maximum Gasteiger partial charge on any atom is 0.409 e. The van der Waals surface area contributed by atoms with E-state index in [0.29, 0.717) is 0 Å². The number of aliphatic hydroxyl groups excluding tert-OH is 1. The fourth-order valence-corrected chi connectivity index (χ4v) is 2.18. The Bertz CT molecular complexity index is 426. The van der Waals surface area contributed by atoms with E-state index in [1.54, 1.807) is 24.3 Å². The predicted octanol–water partition coefficient (Wildman–Crippen LogP) is 1.62. The van der Waals surface area contributed by atoms with Gasteiger partial charge in [0, 0.05) is 18.5 Å². The van der Waals surface area contributed by atoms with Gasteiger partial charge in [0.1, 0.15) is 6.23 Å². The maximum atomic E-state index is 11.9. The van der Waals surface area contributed by atoms with Gasteiger partial charge in [0.2, 0.25) is 5.91 Å². The molecule has 1 N–H and O–H groups in total. The van der Waals surface area contributed by atoms with E-state index < -0.39 is 18.3 Å². The van der Waals surface area contributed by atoms with Gasteiger partial charge in [0.05, 0.1) is 5.92 Å². The van der Waals surface area contributed by atoms with E-state index in [-0.39, 0.29) is 24.4 Å². The maximum absolute atomic E-state index is 11.9. The van der Waals surface area contributed by atoms with Crippen LogP contribution in [0.5, 0.6) is 0 Å². The van der Waals surface area contributed by atoms with Gasteiger partial charge >= 0.3 is 6.18 Å². The smallest absolute Gasteiger partial charge is 0.373 e. The van der Waals surface area contributed by atoms with E-state index in [1.807, 2.05) is 0 Å². The van der Waals surface area contributed by atoms with Crippen molar-refractivity contribution in [3.63, 3.8) is 0 Å². The largest absolute Gasteiger partial charge is 0.409 e. The van der Waals surface area contributed by atoms with Gasteiger partial charge in [-0.2, -0.15) is 13.2 Å². The minimum Gasteiger partial charge on any atom is -0.373 e. The molecule has 3 nitrogen and oxygen atoms in total. The zero-order chi connectivity index (χ0) is 13.3. The molecule has 0 spiro atoms. The van der Waals surface area contributed by atoms with Crippen LogP contribution in [0.1, 0.15) is 0 Å². The number of nitrogens with zero attached hydrogens (tertiary/aromatic N) is 1.